The van der Waals surface area contributed by atoms with Crippen molar-refractivity contribution < 1.29 is 14.3 Å². The highest BCUT2D eigenvalue weighted by Crippen LogP contribution is 2.30. The van der Waals surface area contributed by atoms with Gasteiger partial charge in [0.25, 0.3) is 5.91 Å². The van der Waals surface area contributed by atoms with Gasteiger partial charge in [0.05, 0.1) is 6.61 Å². The Bertz CT molecular complexity index is 745. The lowest BCUT2D eigenvalue weighted by atomic mass is 9.86. The normalized spacial score (nSPS) is 16.5. The molecule has 8 nitrogen and oxygen atoms in total. The van der Waals surface area contributed by atoms with Gasteiger partial charge in [0.15, 0.2) is 0 Å². The zero-order valence-electron chi connectivity index (χ0n) is 15.2. The number of methoxy groups -OCH3 is 1. The minimum Gasteiger partial charge on any atom is -0.383 e. The average Bonchev–Trinajstić information content (AvgIpc) is 3.33. The first kappa shape index (κ1) is 18.2. The zero-order chi connectivity index (χ0) is 18.6. The van der Waals surface area contributed by atoms with Gasteiger partial charge in [-0.05, 0) is 31.0 Å². The van der Waals surface area contributed by atoms with E-state index < -0.39 is 5.54 Å². The number of hydrogen-bond donors (Lipinski definition) is 1. The molecule has 0 atom stereocenters. The Labute approximate surface area is 152 Å². The summed E-state index contributed by atoms with van der Waals surface area (Å²) < 4.78 is 8.55. The van der Waals surface area contributed by atoms with Crippen LogP contribution in [0, 0.1) is 0 Å². The number of ether oxygens (including phenoxy) is 1. The Hall–Kier alpha value is -2.61. The molecule has 1 saturated heterocycles. The molecule has 0 saturated carbocycles. The van der Waals surface area contributed by atoms with Gasteiger partial charge in [0.1, 0.15) is 11.2 Å². The summed E-state index contributed by atoms with van der Waals surface area (Å²) in [5.41, 5.74) is -0.122. The van der Waals surface area contributed by atoms with E-state index in [0.717, 1.165) is 0 Å². The summed E-state index contributed by atoms with van der Waals surface area (Å²) in [4.78, 5) is 27.4. The van der Waals surface area contributed by atoms with Crippen LogP contribution in [0.3, 0.4) is 0 Å². The second-order valence-electron chi connectivity index (χ2n) is 6.53. The lowest BCUT2D eigenvalue weighted by Gasteiger charge is -2.40. The summed E-state index contributed by atoms with van der Waals surface area (Å²) >= 11 is 0. The smallest absolute Gasteiger partial charge is 0.270 e. The molecular weight excluding hydrogens is 334 g/mol. The van der Waals surface area contributed by atoms with E-state index in [1.807, 2.05) is 42.2 Å². The molecule has 1 aliphatic rings. The number of rotatable bonds is 6. The predicted octanol–water partition coefficient (Wildman–Crippen LogP) is 0.616. The number of hydrogen-bond acceptors (Lipinski definition) is 4. The van der Waals surface area contributed by atoms with Crippen molar-refractivity contribution in [2.24, 2.45) is 7.05 Å². The van der Waals surface area contributed by atoms with Gasteiger partial charge in [-0.1, -0.05) is 0 Å². The second kappa shape index (κ2) is 7.74. The topological polar surface area (TPSA) is 81.4 Å². The highest BCUT2D eigenvalue weighted by atomic mass is 16.5. The quantitative estimate of drug-likeness (QED) is 0.767. The number of piperidine rings is 1. The molecule has 3 rings (SSSR count). The van der Waals surface area contributed by atoms with Crippen LogP contribution >= 0.6 is 0 Å². The first-order valence-corrected chi connectivity index (χ1v) is 8.76. The lowest BCUT2D eigenvalue weighted by Crippen LogP contribution is -2.56. The Balaban J connectivity index is 1.74. The number of carbonyl (C=O) groups excluding carboxylic acids is 2. The van der Waals surface area contributed by atoms with E-state index in [2.05, 4.69) is 10.4 Å². The van der Waals surface area contributed by atoms with Gasteiger partial charge in [0.2, 0.25) is 5.91 Å². The third-order valence-corrected chi connectivity index (χ3v) is 5.00. The highest BCUT2D eigenvalue weighted by Gasteiger charge is 2.44. The van der Waals surface area contributed by atoms with E-state index in [1.54, 1.807) is 22.9 Å². The fourth-order valence-corrected chi connectivity index (χ4v) is 3.44. The maximum absolute atomic E-state index is 12.9. The minimum absolute atomic E-state index is 0.00800. The summed E-state index contributed by atoms with van der Waals surface area (Å²) in [6.07, 6.45) is 6.37. The van der Waals surface area contributed by atoms with Crippen LogP contribution in [0.1, 0.15) is 23.3 Å². The molecule has 2 aromatic heterocycles. The lowest BCUT2D eigenvalue weighted by molar-refractivity contribution is -0.133. The fraction of sp³-hybridized carbons (Fsp3) is 0.500. The average molecular weight is 359 g/mol. The van der Waals surface area contributed by atoms with Gasteiger partial charge in [-0.3, -0.25) is 14.3 Å². The van der Waals surface area contributed by atoms with E-state index in [9.17, 15) is 9.59 Å². The maximum atomic E-state index is 12.9. The summed E-state index contributed by atoms with van der Waals surface area (Å²) in [6, 6.07) is 5.48. The molecule has 3 heterocycles. The molecule has 0 spiro atoms. The van der Waals surface area contributed by atoms with Gasteiger partial charge in [-0.15, -0.1) is 0 Å². The molecule has 0 aliphatic carbocycles. The van der Waals surface area contributed by atoms with Crippen molar-refractivity contribution in [3.63, 3.8) is 0 Å². The number of nitrogens with zero attached hydrogens (tertiary/aromatic N) is 4. The first-order valence-electron chi connectivity index (χ1n) is 8.76. The third kappa shape index (κ3) is 3.37. The van der Waals surface area contributed by atoms with Gasteiger partial charge in [0, 0.05) is 52.4 Å². The second-order valence-corrected chi connectivity index (χ2v) is 6.53. The SMILES string of the molecule is COCCNC(=O)C1(n2cccn2)CCN(C(=O)c2cccn2C)CC1. The van der Waals surface area contributed by atoms with Crippen molar-refractivity contribution in [2.45, 2.75) is 18.4 Å². The molecule has 0 bridgehead atoms. The summed E-state index contributed by atoms with van der Waals surface area (Å²) in [5, 5.41) is 7.24. The van der Waals surface area contributed by atoms with E-state index in [1.165, 1.54) is 0 Å². The molecule has 1 aliphatic heterocycles. The number of aryl methyl sites for hydroxylation is 1. The van der Waals surface area contributed by atoms with Gasteiger partial charge in [-0.25, -0.2) is 0 Å². The molecule has 0 unspecified atom stereocenters. The molecule has 2 amide bonds. The number of aromatic nitrogens is 3. The summed E-state index contributed by atoms with van der Waals surface area (Å²) in [5.74, 6) is -0.0874. The monoisotopic (exact) mass is 359 g/mol. The van der Waals surface area contributed by atoms with E-state index >= 15 is 0 Å². The van der Waals surface area contributed by atoms with Gasteiger partial charge in [-0.2, -0.15) is 5.10 Å². The molecule has 2 aromatic rings. The van der Waals surface area contributed by atoms with Crippen molar-refractivity contribution in [1.82, 2.24) is 24.6 Å². The molecule has 0 aromatic carbocycles. The van der Waals surface area contributed by atoms with Gasteiger partial charge >= 0.3 is 0 Å². The number of carbonyl (C=O) groups is 2. The molecule has 1 N–H and O–H groups in total. The van der Waals surface area contributed by atoms with Crippen molar-refractivity contribution in [3.05, 3.63) is 42.5 Å². The van der Waals surface area contributed by atoms with Crippen LogP contribution in [-0.2, 0) is 22.1 Å². The standard InChI is InChI=1S/C18H25N5O3/c1-21-10-3-5-15(21)16(24)22-12-6-18(7-13-22,23-11-4-8-20-23)17(25)19-9-14-26-2/h3-5,8,10-11H,6-7,9,12-14H2,1-2H3,(H,19,25). The summed E-state index contributed by atoms with van der Waals surface area (Å²) in [7, 11) is 3.46. The van der Waals surface area contributed by atoms with Crippen LogP contribution in [0.2, 0.25) is 0 Å². The fourth-order valence-electron chi connectivity index (χ4n) is 3.44. The Kier molecular flexibility index (Phi) is 5.41. The Morgan fingerprint density at radius 1 is 1.27 bits per heavy atom. The van der Waals surface area contributed by atoms with Crippen LogP contribution in [-0.4, -0.2) is 64.4 Å². The Morgan fingerprint density at radius 3 is 2.62 bits per heavy atom. The number of likely N-dealkylation sites (tertiary alicyclic amines) is 1. The van der Waals surface area contributed by atoms with Crippen molar-refractivity contribution in [1.29, 1.82) is 0 Å². The first-order chi connectivity index (χ1) is 12.6. The van der Waals surface area contributed by atoms with Crippen LogP contribution in [0.25, 0.3) is 0 Å². The maximum Gasteiger partial charge on any atom is 0.270 e. The number of amides is 2. The molecule has 0 radical (unpaired) electrons. The molecule has 140 valence electrons. The molecule has 8 heteroatoms. The van der Waals surface area contributed by atoms with Crippen molar-refractivity contribution in [2.75, 3.05) is 33.4 Å². The molecular formula is C18H25N5O3. The zero-order valence-corrected chi connectivity index (χ0v) is 15.2. The van der Waals surface area contributed by atoms with Crippen LogP contribution in [0.15, 0.2) is 36.8 Å². The van der Waals surface area contributed by atoms with Crippen molar-refractivity contribution >= 4 is 11.8 Å². The van der Waals surface area contributed by atoms with E-state index in [-0.39, 0.29) is 11.8 Å². The largest absolute Gasteiger partial charge is 0.383 e. The van der Waals surface area contributed by atoms with Crippen LogP contribution in [0.5, 0.6) is 0 Å². The van der Waals surface area contributed by atoms with E-state index in [0.29, 0.717) is 44.8 Å². The van der Waals surface area contributed by atoms with Crippen LogP contribution in [0.4, 0.5) is 0 Å². The molecule has 1 fully saturated rings. The molecule has 26 heavy (non-hydrogen) atoms. The van der Waals surface area contributed by atoms with E-state index in [4.69, 9.17) is 4.74 Å². The predicted molar refractivity (Wildman–Crippen MR) is 95.6 cm³/mol. The highest BCUT2D eigenvalue weighted by molar-refractivity contribution is 5.93. The van der Waals surface area contributed by atoms with Crippen LogP contribution < -0.4 is 5.32 Å². The number of nitrogens with one attached hydrogen (secondary N) is 1. The van der Waals surface area contributed by atoms with Gasteiger partial charge < -0.3 is 19.5 Å². The summed E-state index contributed by atoms with van der Waals surface area (Å²) in [6.45, 7) is 1.91. The van der Waals surface area contributed by atoms with Crippen molar-refractivity contribution in [3.8, 4) is 0 Å². The third-order valence-electron chi connectivity index (χ3n) is 5.00. The minimum atomic E-state index is -0.776. The Morgan fingerprint density at radius 2 is 2.04 bits per heavy atom.